The van der Waals surface area contributed by atoms with E-state index in [1.54, 1.807) is 36.4 Å². The van der Waals surface area contributed by atoms with Crippen molar-refractivity contribution >= 4 is 17.7 Å². The minimum Gasteiger partial charge on any atom is -0.348 e. The van der Waals surface area contributed by atoms with Gasteiger partial charge in [-0.3, -0.25) is 19.4 Å². The fourth-order valence-corrected chi connectivity index (χ4v) is 6.03. The first-order chi connectivity index (χ1) is 13.8. The highest BCUT2D eigenvalue weighted by Gasteiger charge is 2.65. The number of carbonyl (C=O) groups is 3. The van der Waals surface area contributed by atoms with Crippen LogP contribution >= 0.6 is 0 Å². The second-order valence-corrected chi connectivity index (χ2v) is 9.20. The van der Waals surface area contributed by atoms with Gasteiger partial charge < -0.3 is 14.7 Å². The predicted octanol–water partition coefficient (Wildman–Crippen LogP) is 1.65. The van der Waals surface area contributed by atoms with Crippen molar-refractivity contribution in [3.8, 4) is 0 Å². The summed E-state index contributed by atoms with van der Waals surface area (Å²) >= 11 is 0. The number of hydrogen-bond donors (Lipinski definition) is 0. The zero-order valence-corrected chi connectivity index (χ0v) is 17.6. The van der Waals surface area contributed by atoms with E-state index in [1.165, 1.54) is 0 Å². The third-order valence-corrected chi connectivity index (χ3v) is 7.60. The van der Waals surface area contributed by atoms with E-state index in [2.05, 4.69) is 4.98 Å². The van der Waals surface area contributed by atoms with Crippen molar-refractivity contribution in [3.63, 3.8) is 0 Å². The van der Waals surface area contributed by atoms with Crippen molar-refractivity contribution in [2.45, 2.75) is 32.6 Å². The Morgan fingerprint density at radius 3 is 2.28 bits per heavy atom. The first-order valence-corrected chi connectivity index (χ1v) is 10.5. The Hall–Kier alpha value is -2.44. The van der Waals surface area contributed by atoms with Crippen LogP contribution in [0.4, 0.5) is 0 Å². The largest absolute Gasteiger partial charge is 0.348 e. The smallest absolute Gasteiger partial charge is 0.253 e. The van der Waals surface area contributed by atoms with Gasteiger partial charge in [0, 0.05) is 65.2 Å². The van der Waals surface area contributed by atoms with Crippen LogP contribution in [0.2, 0.25) is 0 Å². The molecule has 2 aliphatic heterocycles. The van der Waals surface area contributed by atoms with Crippen molar-refractivity contribution in [2.75, 3.05) is 40.3 Å². The molecule has 1 spiro atoms. The van der Waals surface area contributed by atoms with Gasteiger partial charge in [-0.2, -0.15) is 0 Å². The molecule has 2 saturated heterocycles. The quantitative estimate of drug-likeness (QED) is 0.759. The average molecular weight is 399 g/mol. The number of hydrogen-bond acceptors (Lipinski definition) is 4. The monoisotopic (exact) mass is 398 g/mol. The van der Waals surface area contributed by atoms with Crippen molar-refractivity contribution < 1.29 is 14.4 Å². The molecule has 7 nitrogen and oxygen atoms in total. The van der Waals surface area contributed by atoms with Gasteiger partial charge in [-0.25, -0.2) is 0 Å². The molecule has 29 heavy (non-hydrogen) atoms. The molecule has 3 amide bonds. The summed E-state index contributed by atoms with van der Waals surface area (Å²) in [6.07, 6.45) is 6.90. The number of nitrogens with zero attached hydrogens (tertiary/aromatic N) is 4. The van der Waals surface area contributed by atoms with Gasteiger partial charge in [-0.1, -0.05) is 0 Å². The Labute approximate surface area is 172 Å². The van der Waals surface area contributed by atoms with E-state index in [9.17, 15) is 14.4 Å². The van der Waals surface area contributed by atoms with Crippen LogP contribution in [0.15, 0.2) is 24.5 Å². The molecule has 3 heterocycles. The van der Waals surface area contributed by atoms with E-state index >= 15 is 0 Å². The molecule has 1 saturated carbocycles. The Balaban J connectivity index is 1.54. The molecule has 3 fully saturated rings. The minimum absolute atomic E-state index is 0.0326. The Kier molecular flexibility index (Phi) is 4.87. The van der Waals surface area contributed by atoms with Crippen LogP contribution in [0.3, 0.4) is 0 Å². The average Bonchev–Trinajstić information content (AvgIpc) is 3.26. The fraction of sp³-hybridized carbons (Fsp3) is 0.636. The molecule has 0 bridgehead atoms. The van der Waals surface area contributed by atoms with Gasteiger partial charge in [-0.05, 0) is 49.1 Å². The number of pyridine rings is 1. The number of piperidine rings is 1. The highest BCUT2D eigenvalue weighted by molar-refractivity contribution is 5.94. The molecule has 1 aromatic heterocycles. The zero-order valence-electron chi connectivity index (χ0n) is 17.6. The molecule has 4 rings (SSSR count). The van der Waals surface area contributed by atoms with E-state index < -0.39 is 5.41 Å². The summed E-state index contributed by atoms with van der Waals surface area (Å²) in [6, 6.07) is 3.51. The lowest BCUT2D eigenvalue weighted by Gasteiger charge is -2.44. The molecule has 2 atom stereocenters. The topological polar surface area (TPSA) is 73.8 Å². The fourth-order valence-electron chi connectivity index (χ4n) is 6.03. The summed E-state index contributed by atoms with van der Waals surface area (Å²) < 4.78 is 0. The predicted molar refractivity (Wildman–Crippen MR) is 108 cm³/mol. The minimum atomic E-state index is -0.466. The van der Waals surface area contributed by atoms with Crippen LogP contribution in [0.25, 0.3) is 0 Å². The first kappa shape index (κ1) is 19.9. The molecule has 156 valence electrons. The van der Waals surface area contributed by atoms with Crippen molar-refractivity contribution in [1.82, 2.24) is 19.7 Å². The van der Waals surface area contributed by atoms with Crippen LogP contribution in [-0.2, 0) is 9.59 Å². The van der Waals surface area contributed by atoms with Crippen LogP contribution in [0.1, 0.15) is 43.0 Å². The van der Waals surface area contributed by atoms with E-state index in [1.807, 2.05) is 23.9 Å². The Morgan fingerprint density at radius 2 is 1.69 bits per heavy atom. The van der Waals surface area contributed by atoms with Gasteiger partial charge >= 0.3 is 0 Å². The Morgan fingerprint density at radius 1 is 1.03 bits per heavy atom. The van der Waals surface area contributed by atoms with Crippen molar-refractivity contribution in [2.24, 2.45) is 16.7 Å². The molecule has 0 unspecified atom stereocenters. The number of fused-ring (bicyclic) bond motifs is 2. The summed E-state index contributed by atoms with van der Waals surface area (Å²) in [6.45, 7) is 4.18. The summed E-state index contributed by atoms with van der Waals surface area (Å²) in [7, 11) is 3.62. The second kappa shape index (κ2) is 7.11. The normalized spacial score (nSPS) is 27.8. The van der Waals surface area contributed by atoms with Gasteiger partial charge in [0.25, 0.3) is 5.91 Å². The summed E-state index contributed by atoms with van der Waals surface area (Å²) in [5, 5.41) is 0. The molecule has 0 aromatic carbocycles. The molecular weight excluding hydrogens is 368 g/mol. The SMILES string of the molecule is CC(=O)N1C[C@@H]2C3(CCN(C(=O)c4ccncc4)CC3)CC[C@]2(C(=O)N(C)C)C1. The summed E-state index contributed by atoms with van der Waals surface area (Å²) in [4.78, 5) is 47.6. The van der Waals surface area contributed by atoms with Crippen LogP contribution < -0.4 is 0 Å². The maximum absolute atomic E-state index is 13.2. The number of carbonyl (C=O) groups excluding carboxylic acids is 3. The highest BCUT2D eigenvalue weighted by atomic mass is 16.2. The van der Waals surface area contributed by atoms with Gasteiger partial charge in [0.1, 0.15) is 0 Å². The van der Waals surface area contributed by atoms with Crippen LogP contribution in [-0.4, -0.2) is 77.7 Å². The van der Waals surface area contributed by atoms with E-state index in [0.717, 1.165) is 25.7 Å². The lowest BCUT2D eigenvalue weighted by molar-refractivity contribution is -0.141. The lowest BCUT2D eigenvalue weighted by atomic mass is 9.65. The molecule has 1 aromatic rings. The number of likely N-dealkylation sites (tertiary alicyclic amines) is 2. The third kappa shape index (κ3) is 3.11. The van der Waals surface area contributed by atoms with Crippen molar-refractivity contribution in [1.29, 1.82) is 0 Å². The van der Waals surface area contributed by atoms with Gasteiger partial charge in [-0.15, -0.1) is 0 Å². The zero-order chi connectivity index (χ0) is 20.8. The van der Waals surface area contributed by atoms with Crippen molar-refractivity contribution in [3.05, 3.63) is 30.1 Å². The maximum atomic E-state index is 13.2. The van der Waals surface area contributed by atoms with E-state index in [0.29, 0.717) is 31.7 Å². The Bertz CT molecular complexity index is 817. The molecule has 3 aliphatic rings. The molecular formula is C22H30N4O3. The standard InChI is InChI=1S/C22H30N4O3/c1-16(27)26-14-18-21(6-7-22(18,15-26)20(29)24(2)3)8-12-25(13-9-21)19(28)17-4-10-23-11-5-17/h4-5,10-11,18H,6-9,12-15H2,1-3H3/t18-,22+/m1/s1. The van der Waals surface area contributed by atoms with E-state index in [4.69, 9.17) is 0 Å². The van der Waals surface area contributed by atoms with E-state index in [-0.39, 0.29) is 29.1 Å². The molecule has 1 aliphatic carbocycles. The third-order valence-electron chi connectivity index (χ3n) is 7.60. The summed E-state index contributed by atoms with van der Waals surface area (Å²) in [5.74, 6) is 0.420. The van der Waals surface area contributed by atoms with Gasteiger partial charge in [0.05, 0.1) is 5.41 Å². The van der Waals surface area contributed by atoms with Crippen LogP contribution in [0, 0.1) is 16.7 Å². The molecule has 7 heteroatoms. The molecule has 0 radical (unpaired) electrons. The van der Waals surface area contributed by atoms with Gasteiger partial charge in [0.15, 0.2) is 0 Å². The lowest BCUT2D eigenvalue weighted by Crippen LogP contribution is -2.49. The van der Waals surface area contributed by atoms with Gasteiger partial charge in [0.2, 0.25) is 11.8 Å². The molecule has 0 N–H and O–H groups in total. The maximum Gasteiger partial charge on any atom is 0.253 e. The van der Waals surface area contributed by atoms with Crippen LogP contribution in [0.5, 0.6) is 0 Å². The summed E-state index contributed by atoms with van der Waals surface area (Å²) in [5.41, 5.74) is 0.236. The second-order valence-electron chi connectivity index (χ2n) is 9.20. The highest BCUT2D eigenvalue weighted by Crippen LogP contribution is 2.62. The number of amides is 3. The number of rotatable bonds is 2. The first-order valence-electron chi connectivity index (χ1n) is 10.5. The number of aromatic nitrogens is 1.